The predicted molar refractivity (Wildman–Crippen MR) is 74.8 cm³/mol. The van der Waals surface area contributed by atoms with Crippen molar-refractivity contribution in [2.75, 3.05) is 0 Å². The Morgan fingerprint density at radius 2 is 1.59 bits per heavy atom. The zero-order chi connectivity index (χ0) is 13.0. The molecule has 0 spiro atoms. The number of halogens is 1. The van der Waals surface area contributed by atoms with Crippen LogP contribution in [0.5, 0.6) is 0 Å². The maximum absolute atomic E-state index is 11.6. The second kappa shape index (κ2) is 3.68. The average Bonchev–Trinajstić information content (AvgIpc) is 2.30. The van der Waals surface area contributed by atoms with E-state index >= 15 is 0 Å². The van der Waals surface area contributed by atoms with Crippen molar-refractivity contribution >= 4 is 21.7 Å². The number of rotatable bonds is 1. The van der Waals surface area contributed by atoms with Gasteiger partial charge >= 0.3 is 0 Å². The van der Waals surface area contributed by atoms with Gasteiger partial charge in [-0.25, -0.2) is 0 Å². The van der Waals surface area contributed by atoms with Crippen LogP contribution < -0.4 is 0 Å². The van der Waals surface area contributed by atoms with Crippen LogP contribution in [0.2, 0.25) is 0 Å². The number of Topliss-reactive ketones (excluding diaryl/α,β-unsaturated/α-hetero) is 1. The van der Waals surface area contributed by atoms with Crippen LogP contribution in [0, 0.1) is 0 Å². The van der Waals surface area contributed by atoms with Crippen molar-refractivity contribution < 1.29 is 4.79 Å². The van der Waals surface area contributed by atoms with E-state index in [9.17, 15) is 4.79 Å². The third-order valence-corrected chi connectivity index (χ3v) is 4.48. The predicted octanol–water partition coefficient (Wildman–Crippen LogP) is 4.61. The molecule has 0 unspecified atom stereocenters. The summed E-state index contributed by atoms with van der Waals surface area (Å²) in [6.45, 7) is 10.7. The summed E-state index contributed by atoms with van der Waals surface area (Å²) in [5.74, 6) is 0.125. The fraction of sp³-hybridized carbons (Fsp3) is 0.533. The van der Waals surface area contributed by atoms with Gasteiger partial charge in [0.05, 0.1) is 0 Å². The van der Waals surface area contributed by atoms with E-state index < -0.39 is 0 Å². The second-order valence-electron chi connectivity index (χ2n) is 6.38. The minimum atomic E-state index is 0.125. The Bertz CT molecular complexity index is 498. The van der Waals surface area contributed by atoms with Gasteiger partial charge in [0.1, 0.15) is 0 Å². The Kier molecular flexibility index (Phi) is 2.77. The molecule has 0 aromatic heterocycles. The highest BCUT2D eigenvalue weighted by molar-refractivity contribution is 9.10. The normalized spacial score (nSPS) is 20.1. The van der Waals surface area contributed by atoms with E-state index in [2.05, 4.69) is 55.8 Å². The van der Waals surface area contributed by atoms with E-state index in [4.69, 9.17) is 0 Å². The Labute approximate surface area is 112 Å². The molecular formula is C15H19BrO. The van der Waals surface area contributed by atoms with Gasteiger partial charge in [0, 0.05) is 10.0 Å². The summed E-state index contributed by atoms with van der Waals surface area (Å²) in [6.07, 6.45) is 1.13. The van der Waals surface area contributed by atoms with E-state index in [1.165, 1.54) is 11.1 Å². The van der Waals surface area contributed by atoms with Crippen LogP contribution in [0.15, 0.2) is 16.6 Å². The number of benzene rings is 1. The maximum Gasteiger partial charge on any atom is 0.160 e. The third kappa shape index (κ3) is 1.97. The molecule has 0 saturated carbocycles. The van der Waals surface area contributed by atoms with Gasteiger partial charge in [0.2, 0.25) is 0 Å². The van der Waals surface area contributed by atoms with Gasteiger partial charge in [-0.2, -0.15) is 0 Å². The smallest absolute Gasteiger partial charge is 0.160 e. The molecule has 0 heterocycles. The SMILES string of the molecule is CC(=O)c1cc2c(cc1Br)C(C)(C)CC2(C)C. The molecule has 1 nitrogen and oxygen atoms in total. The monoisotopic (exact) mass is 294 g/mol. The van der Waals surface area contributed by atoms with E-state index in [0.717, 1.165) is 16.5 Å². The Balaban J connectivity index is 2.72. The topological polar surface area (TPSA) is 17.1 Å². The molecule has 1 aromatic carbocycles. The molecule has 1 aromatic rings. The highest BCUT2D eigenvalue weighted by atomic mass is 79.9. The van der Waals surface area contributed by atoms with E-state index in [1.807, 2.05) is 0 Å². The van der Waals surface area contributed by atoms with Gasteiger partial charge in [0.25, 0.3) is 0 Å². The fourth-order valence-corrected chi connectivity index (χ4v) is 3.88. The van der Waals surface area contributed by atoms with Crippen LogP contribution in [0.4, 0.5) is 0 Å². The van der Waals surface area contributed by atoms with Crippen LogP contribution in [0.3, 0.4) is 0 Å². The zero-order valence-corrected chi connectivity index (χ0v) is 12.7. The molecular weight excluding hydrogens is 276 g/mol. The van der Waals surface area contributed by atoms with Crippen LogP contribution in [-0.2, 0) is 10.8 Å². The summed E-state index contributed by atoms with van der Waals surface area (Å²) < 4.78 is 0.925. The summed E-state index contributed by atoms with van der Waals surface area (Å²) in [5, 5.41) is 0. The minimum Gasteiger partial charge on any atom is -0.294 e. The molecule has 17 heavy (non-hydrogen) atoms. The third-order valence-electron chi connectivity index (χ3n) is 3.83. The minimum absolute atomic E-state index is 0.125. The first-order valence-corrected chi connectivity index (χ1v) is 6.80. The van der Waals surface area contributed by atoms with Crippen molar-refractivity contribution in [2.45, 2.75) is 51.9 Å². The molecule has 0 aliphatic heterocycles. The highest BCUT2D eigenvalue weighted by Crippen LogP contribution is 2.50. The number of carbonyl (C=O) groups excluding carboxylic acids is 1. The molecule has 0 radical (unpaired) electrons. The second-order valence-corrected chi connectivity index (χ2v) is 7.23. The molecule has 0 saturated heterocycles. The first-order valence-electron chi connectivity index (χ1n) is 6.00. The lowest BCUT2D eigenvalue weighted by Gasteiger charge is -2.22. The van der Waals surface area contributed by atoms with Crippen molar-refractivity contribution in [1.82, 2.24) is 0 Å². The van der Waals surface area contributed by atoms with Crippen molar-refractivity contribution in [2.24, 2.45) is 0 Å². The number of carbonyl (C=O) groups is 1. The lowest BCUT2D eigenvalue weighted by molar-refractivity contribution is 0.101. The van der Waals surface area contributed by atoms with Gasteiger partial charge in [-0.05, 0) is 47.4 Å². The zero-order valence-electron chi connectivity index (χ0n) is 11.1. The Hall–Kier alpha value is -0.630. The molecule has 0 amide bonds. The van der Waals surface area contributed by atoms with Crippen molar-refractivity contribution in [3.63, 3.8) is 0 Å². The van der Waals surface area contributed by atoms with Gasteiger partial charge in [0.15, 0.2) is 5.78 Å². The van der Waals surface area contributed by atoms with Crippen molar-refractivity contribution in [3.05, 3.63) is 33.3 Å². The summed E-state index contributed by atoms with van der Waals surface area (Å²) in [7, 11) is 0. The molecule has 0 fully saturated rings. The first kappa shape index (κ1) is 12.8. The lowest BCUT2D eigenvalue weighted by atomic mass is 9.82. The van der Waals surface area contributed by atoms with Crippen LogP contribution >= 0.6 is 15.9 Å². The van der Waals surface area contributed by atoms with Crippen LogP contribution in [0.25, 0.3) is 0 Å². The number of hydrogen-bond donors (Lipinski definition) is 0. The highest BCUT2D eigenvalue weighted by Gasteiger charge is 2.42. The van der Waals surface area contributed by atoms with E-state index in [-0.39, 0.29) is 16.6 Å². The standard InChI is InChI=1S/C15H19BrO/c1-9(17)10-6-11-12(7-13(10)16)15(4,5)8-14(11,2)3/h6-7H,8H2,1-5H3. The Morgan fingerprint density at radius 1 is 1.12 bits per heavy atom. The molecule has 2 heteroatoms. The molecule has 0 atom stereocenters. The first-order chi connectivity index (χ1) is 7.65. The maximum atomic E-state index is 11.6. The van der Waals surface area contributed by atoms with E-state index in [1.54, 1.807) is 6.92 Å². The average molecular weight is 295 g/mol. The largest absolute Gasteiger partial charge is 0.294 e. The van der Waals surface area contributed by atoms with Crippen molar-refractivity contribution in [1.29, 1.82) is 0 Å². The summed E-state index contributed by atoms with van der Waals surface area (Å²) >= 11 is 3.52. The number of fused-ring (bicyclic) bond motifs is 1. The number of ketones is 1. The fourth-order valence-electron chi connectivity index (χ4n) is 3.26. The molecule has 92 valence electrons. The summed E-state index contributed by atoms with van der Waals surface area (Å²) in [6, 6.07) is 4.22. The quantitative estimate of drug-likeness (QED) is 0.691. The molecule has 1 aliphatic carbocycles. The summed E-state index contributed by atoms with van der Waals surface area (Å²) in [4.78, 5) is 11.6. The molecule has 2 rings (SSSR count). The van der Waals surface area contributed by atoms with E-state index in [0.29, 0.717) is 0 Å². The molecule has 0 bridgehead atoms. The van der Waals surface area contributed by atoms with Crippen LogP contribution in [-0.4, -0.2) is 5.78 Å². The van der Waals surface area contributed by atoms with Crippen LogP contribution in [0.1, 0.15) is 62.5 Å². The van der Waals surface area contributed by atoms with Gasteiger partial charge < -0.3 is 0 Å². The molecule has 0 N–H and O–H groups in total. The molecule has 1 aliphatic rings. The van der Waals surface area contributed by atoms with Gasteiger partial charge in [-0.1, -0.05) is 43.6 Å². The summed E-state index contributed by atoms with van der Waals surface area (Å²) in [5.41, 5.74) is 3.85. The van der Waals surface area contributed by atoms with Crippen molar-refractivity contribution in [3.8, 4) is 0 Å². The lowest BCUT2D eigenvalue weighted by Crippen LogP contribution is -2.18. The van der Waals surface area contributed by atoms with Gasteiger partial charge in [-0.15, -0.1) is 0 Å². The Morgan fingerprint density at radius 3 is 2.06 bits per heavy atom. The van der Waals surface area contributed by atoms with Gasteiger partial charge in [-0.3, -0.25) is 4.79 Å². The number of hydrogen-bond acceptors (Lipinski definition) is 1.